The number of anilines is 1. The lowest BCUT2D eigenvalue weighted by atomic mass is 10.2. The molecule has 126 valence electrons. The molecular weight excluding hydrogens is 353 g/mol. The maximum Gasteiger partial charge on any atom is 0.339 e. The molecule has 7 heteroatoms. The Kier molecular flexibility index (Phi) is 6.46. The van der Waals surface area contributed by atoms with Gasteiger partial charge < -0.3 is 14.8 Å². The summed E-state index contributed by atoms with van der Waals surface area (Å²) >= 11 is 11.7. The van der Waals surface area contributed by atoms with Crippen molar-refractivity contribution in [2.45, 2.75) is 6.92 Å². The Bertz CT molecular complexity index is 732. The molecule has 0 spiro atoms. The summed E-state index contributed by atoms with van der Waals surface area (Å²) in [5, 5.41) is 3.47. The number of rotatable bonds is 6. The molecule has 0 aliphatic rings. The highest BCUT2D eigenvalue weighted by Gasteiger charge is 2.13. The lowest BCUT2D eigenvalue weighted by Crippen LogP contribution is -2.20. The summed E-state index contributed by atoms with van der Waals surface area (Å²) in [6, 6.07) is 11.2. The van der Waals surface area contributed by atoms with Crippen LogP contribution in [0.4, 0.5) is 5.69 Å². The molecule has 2 rings (SSSR count). The van der Waals surface area contributed by atoms with E-state index >= 15 is 0 Å². The van der Waals surface area contributed by atoms with Crippen molar-refractivity contribution in [2.75, 3.05) is 18.5 Å². The normalized spacial score (nSPS) is 10.1. The van der Waals surface area contributed by atoms with Gasteiger partial charge in [0.1, 0.15) is 5.75 Å². The number of esters is 1. The van der Waals surface area contributed by atoms with Crippen LogP contribution in [0.25, 0.3) is 0 Å². The molecule has 0 aliphatic carbocycles. The molecule has 0 saturated heterocycles. The topological polar surface area (TPSA) is 64.6 Å². The van der Waals surface area contributed by atoms with E-state index in [9.17, 15) is 9.59 Å². The molecule has 0 heterocycles. The van der Waals surface area contributed by atoms with Gasteiger partial charge in [0.05, 0.1) is 17.2 Å². The van der Waals surface area contributed by atoms with Crippen LogP contribution in [0.1, 0.15) is 17.3 Å². The summed E-state index contributed by atoms with van der Waals surface area (Å²) < 4.78 is 10.3. The van der Waals surface area contributed by atoms with Crippen LogP contribution in [-0.2, 0) is 9.53 Å². The lowest BCUT2D eigenvalue weighted by molar-refractivity contribution is -0.118. The average Bonchev–Trinajstić information content (AvgIpc) is 2.56. The largest absolute Gasteiger partial charge is 0.484 e. The zero-order valence-electron chi connectivity index (χ0n) is 12.8. The summed E-state index contributed by atoms with van der Waals surface area (Å²) in [4.78, 5) is 23.7. The van der Waals surface area contributed by atoms with Gasteiger partial charge in [-0.2, -0.15) is 0 Å². The first-order valence-electron chi connectivity index (χ1n) is 7.14. The van der Waals surface area contributed by atoms with E-state index in [0.29, 0.717) is 16.5 Å². The van der Waals surface area contributed by atoms with Crippen LogP contribution in [0.3, 0.4) is 0 Å². The summed E-state index contributed by atoms with van der Waals surface area (Å²) in [6.45, 7) is 1.76. The number of hydrogen-bond acceptors (Lipinski definition) is 4. The van der Waals surface area contributed by atoms with Crippen molar-refractivity contribution in [3.05, 3.63) is 58.1 Å². The second-order valence-electron chi connectivity index (χ2n) is 4.71. The van der Waals surface area contributed by atoms with Crippen LogP contribution >= 0.6 is 23.2 Å². The van der Waals surface area contributed by atoms with Gasteiger partial charge >= 0.3 is 5.97 Å². The number of carbonyl (C=O) groups is 2. The highest BCUT2D eigenvalue weighted by atomic mass is 35.5. The Hall–Kier alpha value is -2.24. The van der Waals surface area contributed by atoms with E-state index in [1.54, 1.807) is 37.3 Å². The molecule has 1 amide bonds. The molecule has 1 N–H and O–H groups in total. The molecule has 0 atom stereocenters. The summed E-state index contributed by atoms with van der Waals surface area (Å²) in [7, 11) is 0. The number of carbonyl (C=O) groups excluding carboxylic acids is 2. The standard InChI is InChI=1S/C17H15Cl2NO4/c1-2-23-17(22)14-9-12(5-8-15(14)19)20-16(21)10-24-13-6-3-11(18)4-7-13/h3-9H,2,10H2,1H3,(H,20,21). The molecule has 2 aromatic carbocycles. The van der Waals surface area contributed by atoms with Gasteiger partial charge in [0, 0.05) is 10.7 Å². The zero-order valence-corrected chi connectivity index (χ0v) is 14.4. The van der Waals surface area contributed by atoms with Gasteiger partial charge in [0.25, 0.3) is 5.91 Å². The van der Waals surface area contributed by atoms with Crippen molar-refractivity contribution in [2.24, 2.45) is 0 Å². The molecule has 0 radical (unpaired) electrons. The van der Waals surface area contributed by atoms with Gasteiger partial charge in [0.2, 0.25) is 0 Å². The Morgan fingerprint density at radius 2 is 1.79 bits per heavy atom. The Labute approximate surface area is 149 Å². The minimum atomic E-state index is -0.545. The minimum Gasteiger partial charge on any atom is -0.484 e. The molecule has 0 unspecified atom stereocenters. The smallest absolute Gasteiger partial charge is 0.339 e. The van der Waals surface area contributed by atoms with Gasteiger partial charge in [-0.05, 0) is 49.4 Å². The van der Waals surface area contributed by atoms with Crippen LogP contribution in [0, 0.1) is 0 Å². The fourth-order valence-electron chi connectivity index (χ4n) is 1.85. The number of benzene rings is 2. The Morgan fingerprint density at radius 1 is 1.08 bits per heavy atom. The van der Waals surface area contributed by atoms with E-state index in [-0.39, 0.29) is 29.7 Å². The number of hydrogen-bond donors (Lipinski definition) is 1. The van der Waals surface area contributed by atoms with E-state index < -0.39 is 5.97 Å². The van der Waals surface area contributed by atoms with Crippen molar-refractivity contribution < 1.29 is 19.1 Å². The number of ether oxygens (including phenoxy) is 2. The van der Waals surface area contributed by atoms with Crippen LogP contribution < -0.4 is 10.1 Å². The third kappa shape index (κ3) is 5.15. The van der Waals surface area contributed by atoms with Gasteiger partial charge in [-0.25, -0.2) is 4.79 Å². The predicted molar refractivity (Wildman–Crippen MR) is 93.0 cm³/mol. The molecule has 0 fully saturated rings. The fourth-order valence-corrected chi connectivity index (χ4v) is 2.17. The number of nitrogens with one attached hydrogen (secondary N) is 1. The highest BCUT2D eigenvalue weighted by molar-refractivity contribution is 6.33. The van der Waals surface area contributed by atoms with Gasteiger partial charge in [-0.15, -0.1) is 0 Å². The van der Waals surface area contributed by atoms with Crippen LogP contribution in [0.5, 0.6) is 5.75 Å². The van der Waals surface area contributed by atoms with Crippen LogP contribution in [-0.4, -0.2) is 25.1 Å². The fraction of sp³-hybridized carbons (Fsp3) is 0.176. The first-order chi connectivity index (χ1) is 11.5. The summed E-state index contributed by atoms with van der Waals surface area (Å²) in [5.41, 5.74) is 0.613. The maximum atomic E-state index is 11.9. The Balaban J connectivity index is 1.97. The molecule has 24 heavy (non-hydrogen) atoms. The molecule has 0 saturated carbocycles. The maximum absolute atomic E-state index is 11.9. The van der Waals surface area contributed by atoms with Crippen LogP contribution in [0.15, 0.2) is 42.5 Å². The molecule has 0 aliphatic heterocycles. The van der Waals surface area contributed by atoms with Crippen molar-refractivity contribution in [1.29, 1.82) is 0 Å². The third-order valence-corrected chi connectivity index (χ3v) is 3.51. The van der Waals surface area contributed by atoms with Crippen LogP contribution in [0.2, 0.25) is 10.0 Å². The number of amides is 1. The monoisotopic (exact) mass is 367 g/mol. The van der Waals surface area contributed by atoms with Gasteiger partial charge in [0.15, 0.2) is 6.61 Å². The van der Waals surface area contributed by atoms with Crippen molar-refractivity contribution >= 4 is 40.8 Å². The van der Waals surface area contributed by atoms with E-state index in [2.05, 4.69) is 5.32 Å². The van der Waals surface area contributed by atoms with Crippen molar-refractivity contribution in [3.63, 3.8) is 0 Å². The van der Waals surface area contributed by atoms with E-state index in [4.69, 9.17) is 32.7 Å². The van der Waals surface area contributed by atoms with E-state index in [0.717, 1.165) is 0 Å². The lowest BCUT2D eigenvalue weighted by Gasteiger charge is -2.10. The van der Waals surface area contributed by atoms with Crippen molar-refractivity contribution in [1.82, 2.24) is 0 Å². The summed E-state index contributed by atoms with van der Waals surface area (Å²) in [6.07, 6.45) is 0. The quantitative estimate of drug-likeness (QED) is 0.777. The third-order valence-electron chi connectivity index (χ3n) is 2.93. The van der Waals surface area contributed by atoms with E-state index in [1.807, 2.05) is 0 Å². The molecular formula is C17H15Cl2NO4. The van der Waals surface area contributed by atoms with Gasteiger partial charge in [-0.1, -0.05) is 23.2 Å². The second-order valence-corrected chi connectivity index (χ2v) is 5.55. The molecule has 0 bridgehead atoms. The first kappa shape index (κ1) is 18.1. The summed E-state index contributed by atoms with van der Waals surface area (Å²) in [5.74, 6) is -0.393. The van der Waals surface area contributed by atoms with Crippen molar-refractivity contribution in [3.8, 4) is 5.75 Å². The minimum absolute atomic E-state index is 0.182. The predicted octanol–water partition coefficient (Wildman–Crippen LogP) is 4.19. The van der Waals surface area contributed by atoms with E-state index in [1.165, 1.54) is 12.1 Å². The molecule has 0 aromatic heterocycles. The number of halogens is 2. The SMILES string of the molecule is CCOC(=O)c1cc(NC(=O)COc2ccc(Cl)cc2)ccc1Cl. The molecule has 2 aromatic rings. The first-order valence-corrected chi connectivity index (χ1v) is 7.90. The van der Waals surface area contributed by atoms with Gasteiger partial charge in [-0.3, -0.25) is 4.79 Å². The Morgan fingerprint density at radius 3 is 2.46 bits per heavy atom. The average molecular weight is 368 g/mol. The molecule has 5 nitrogen and oxygen atoms in total. The second kappa shape index (κ2) is 8.57. The zero-order chi connectivity index (χ0) is 17.5. The highest BCUT2D eigenvalue weighted by Crippen LogP contribution is 2.22.